The van der Waals surface area contributed by atoms with Crippen molar-refractivity contribution < 1.29 is 4.79 Å². The number of fused-ring (bicyclic) bond motifs is 1. The van der Waals surface area contributed by atoms with Crippen molar-refractivity contribution in [1.82, 2.24) is 10.2 Å². The van der Waals surface area contributed by atoms with E-state index in [0.717, 1.165) is 31.7 Å². The lowest BCUT2D eigenvalue weighted by molar-refractivity contribution is -0.131. The van der Waals surface area contributed by atoms with Gasteiger partial charge >= 0.3 is 0 Å². The third-order valence-electron chi connectivity index (χ3n) is 3.64. The number of hydrogen-bond donors (Lipinski definition) is 1. The van der Waals surface area contributed by atoms with Crippen LogP contribution in [0, 0.1) is 0 Å². The Morgan fingerprint density at radius 1 is 1.05 bits per heavy atom. The van der Waals surface area contributed by atoms with Gasteiger partial charge in [0.25, 0.3) is 0 Å². The molecule has 0 unspecified atom stereocenters. The second-order valence-electron chi connectivity index (χ2n) is 4.99. The zero-order valence-corrected chi connectivity index (χ0v) is 12.2. The molecule has 1 fully saturated rings. The van der Waals surface area contributed by atoms with Gasteiger partial charge in [-0.15, -0.1) is 12.4 Å². The fourth-order valence-electron chi connectivity index (χ4n) is 2.55. The zero-order chi connectivity index (χ0) is 13.1. The molecule has 0 aliphatic carbocycles. The number of hydrogen-bond acceptors (Lipinski definition) is 2. The van der Waals surface area contributed by atoms with E-state index in [0.29, 0.717) is 6.42 Å². The minimum atomic E-state index is 0. The quantitative estimate of drug-likeness (QED) is 0.920. The van der Waals surface area contributed by atoms with Crippen LogP contribution in [0.25, 0.3) is 10.8 Å². The van der Waals surface area contributed by atoms with E-state index in [1.54, 1.807) is 0 Å². The highest BCUT2D eigenvalue weighted by atomic mass is 35.5. The number of carbonyl (C=O) groups excluding carboxylic acids is 1. The molecule has 1 amide bonds. The van der Waals surface area contributed by atoms with Gasteiger partial charge in [0.15, 0.2) is 0 Å². The first-order chi connectivity index (χ1) is 9.33. The summed E-state index contributed by atoms with van der Waals surface area (Å²) in [6.07, 6.45) is 0.505. The first-order valence-electron chi connectivity index (χ1n) is 6.79. The summed E-state index contributed by atoms with van der Waals surface area (Å²) in [5.41, 5.74) is 1.10. The summed E-state index contributed by atoms with van der Waals surface area (Å²) in [6, 6.07) is 14.5. The fraction of sp³-hybridized carbons (Fsp3) is 0.312. The van der Waals surface area contributed by atoms with E-state index in [1.807, 2.05) is 17.0 Å². The summed E-state index contributed by atoms with van der Waals surface area (Å²) in [7, 11) is 0. The van der Waals surface area contributed by atoms with Gasteiger partial charge in [-0.3, -0.25) is 4.79 Å². The summed E-state index contributed by atoms with van der Waals surface area (Å²) < 4.78 is 0. The molecule has 0 radical (unpaired) electrons. The third-order valence-corrected chi connectivity index (χ3v) is 3.64. The Morgan fingerprint density at radius 2 is 1.75 bits per heavy atom. The van der Waals surface area contributed by atoms with Crippen molar-refractivity contribution in [2.45, 2.75) is 6.42 Å². The van der Waals surface area contributed by atoms with Crippen molar-refractivity contribution in [3.8, 4) is 0 Å². The Kier molecular flexibility index (Phi) is 4.99. The first kappa shape index (κ1) is 14.8. The molecule has 3 rings (SSSR count). The van der Waals surface area contributed by atoms with E-state index in [1.165, 1.54) is 10.8 Å². The van der Waals surface area contributed by atoms with Crippen LogP contribution in [-0.2, 0) is 11.2 Å². The van der Waals surface area contributed by atoms with Crippen LogP contribution in [0.3, 0.4) is 0 Å². The average molecular weight is 291 g/mol. The second kappa shape index (κ2) is 6.73. The molecule has 0 atom stereocenters. The molecule has 0 aromatic heterocycles. The molecule has 1 heterocycles. The van der Waals surface area contributed by atoms with Crippen molar-refractivity contribution in [2.24, 2.45) is 0 Å². The number of piperazine rings is 1. The molecule has 4 heteroatoms. The van der Waals surface area contributed by atoms with E-state index in [9.17, 15) is 4.79 Å². The standard InChI is InChI=1S/C16H18N2O.ClH/c19-16(18-9-7-17-8-10-18)12-13-5-6-14-3-1-2-4-15(14)11-13;/h1-6,11,17H,7-10,12H2;1H. The molecule has 1 aliphatic rings. The Hall–Kier alpha value is -1.58. The van der Waals surface area contributed by atoms with Gasteiger partial charge in [0.05, 0.1) is 6.42 Å². The molecule has 0 saturated carbocycles. The maximum Gasteiger partial charge on any atom is 0.227 e. The van der Waals surface area contributed by atoms with Gasteiger partial charge in [0.2, 0.25) is 5.91 Å². The van der Waals surface area contributed by atoms with Crippen LogP contribution in [-0.4, -0.2) is 37.0 Å². The number of carbonyl (C=O) groups is 1. The van der Waals surface area contributed by atoms with Crippen LogP contribution in [0.5, 0.6) is 0 Å². The predicted octanol–water partition coefficient (Wildman–Crippen LogP) is 2.24. The Balaban J connectivity index is 0.00000147. The molecule has 1 saturated heterocycles. The zero-order valence-electron chi connectivity index (χ0n) is 11.3. The van der Waals surface area contributed by atoms with Gasteiger partial charge in [-0.1, -0.05) is 42.5 Å². The van der Waals surface area contributed by atoms with Crippen molar-refractivity contribution in [3.05, 3.63) is 48.0 Å². The van der Waals surface area contributed by atoms with Crippen LogP contribution < -0.4 is 5.32 Å². The van der Waals surface area contributed by atoms with Crippen molar-refractivity contribution in [1.29, 1.82) is 0 Å². The van der Waals surface area contributed by atoms with E-state index >= 15 is 0 Å². The minimum Gasteiger partial charge on any atom is -0.340 e. The molecular weight excluding hydrogens is 272 g/mol. The predicted molar refractivity (Wildman–Crippen MR) is 84.3 cm³/mol. The normalized spacial score (nSPS) is 14.9. The van der Waals surface area contributed by atoms with Crippen LogP contribution >= 0.6 is 12.4 Å². The van der Waals surface area contributed by atoms with Crippen LogP contribution in [0.15, 0.2) is 42.5 Å². The number of halogens is 1. The second-order valence-corrected chi connectivity index (χ2v) is 4.99. The highest BCUT2D eigenvalue weighted by molar-refractivity contribution is 5.86. The molecule has 3 nitrogen and oxygen atoms in total. The van der Waals surface area contributed by atoms with E-state index in [2.05, 4.69) is 35.6 Å². The van der Waals surface area contributed by atoms with Gasteiger partial charge in [-0.05, 0) is 16.3 Å². The van der Waals surface area contributed by atoms with Crippen molar-refractivity contribution >= 4 is 29.1 Å². The minimum absolute atomic E-state index is 0. The lowest BCUT2D eigenvalue weighted by Crippen LogP contribution is -2.46. The highest BCUT2D eigenvalue weighted by Gasteiger charge is 2.16. The molecule has 0 spiro atoms. The SMILES string of the molecule is Cl.O=C(Cc1ccc2ccccc2c1)N1CCNCC1. The first-order valence-corrected chi connectivity index (χ1v) is 6.79. The molecule has 20 heavy (non-hydrogen) atoms. The summed E-state index contributed by atoms with van der Waals surface area (Å²) in [4.78, 5) is 14.2. The summed E-state index contributed by atoms with van der Waals surface area (Å²) in [6.45, 7) is 3.46. The van der Waals surface area contributed by atoms with Crippen molar-refractivity contribution in [2.75, 3.05) is 26.2 Å². The number of benzene rings is 2. The third kappa shape index (κ3) is 3.30. The van der Waals surface area contributed by atoms with Crippen LogP contribution in [0.1, 0.15) is 5.56 Å². The van der Waals surface area contributed by atoms with Crippen LogP contribution in [0.2, 0.25) is 0 Å². The van der Waals surface area contributed by atoms with E-state index in [4.69, 9.17) is 0 Å². The van der Waals surface area contributed by atoms with Gasteiger partial charge < -0.3 is 10.2 Å². The maximum absolute atomic E-state index is 12.2. The number of nitrogens with zero attached hydrogens (tertiary/aromatic N) is 1. The largest absolute Gasteiger partial charge is 0.340 e. The summed E-state index contributed by atoms with van der Waals surface area (Å²) in [5, 5.41) is 5.69. The Morgan fingerprint density at radius 3 is 2.50 bits per heavy atom. The van der Waals surface area contributed by atoms with Gasteiger partial charge in [0, 0.05) is 26.2 Å². The molecular formula is C16H19ClN2O. The monoisotopic (exact) mass is 290 g/mol. The molecule has 106 valence electrons. The fourth-order valence-corrected chi connectivity index (χ4v) is 2.55. The Labute approximate surface area is 125 Å². The molecule has 1 aliphatic heterocycles. The average Bonchev–Trinajstić information content (AvgIpc) is 2.48. The number of amides is 1. The van der Waals surface area contributed by atoms with Crippen LogP contribution in [0.4, 0.5) is 0 Å². The topological polar surface area (TPSA) is 32.3 Å². The maximum atomic E-state index is 12.2. The van der Waals surface area contributed by atoms with Crippen molar-refractivity contribution in [3.63, 3.8) is 0 Å². The number of rotatable bonds is 2. The Bertz CT molecular complexity index is 594. The summed E-state index contributed by atoms with van der Waals surface area (Å²) in [5.74, 6) is 0.233. The molecule has 2 aromatic rings. The van der Waals surface area contributed by atoms with Gasteiger partial charge in [-0.2, -0.15) is 0 Å². The van der Waals surface area contributed by atoms with E-state index < -0.39 is 0 Å². The lowest BCUT2D eigenvalue weighted by atomic mass is 10.0. The molecule has 2 aromatic carbocycles. The number of nitrogens with one attached hydrogen (secondary N) is 1. The van der Waals surface area contributed by atoms with Gasteiger partial charge in [-0.25, -0.2) is 0 Å². The highest BCUT2D eigenvalue weighted by Crippen LogP contribution is 2.16. The lowest BCUT2D eigenvalue weighted by Gasteiger charge is -2.27. The molecule has 1 N–H and O–H groups in total. The van der Waals surface area contributed by atoms with E-state index in [-0.39, 0.29) is 18.3 Å². The summed E-state index contributed by atoms with van der Waals surface area (Å²) >= 11 is 0. The van der Waals surface area contributed by atoms with Gasteiger partial charge in [0.1, 0.15) is 0 Å². The smallest absolute Gasteiger partial charge is 0.227 e. The molecule has 0 bridgehead atoms.